The summed E-state index contributed by atoms with van der Waals surface area (Å²) < 4.78 is 54.1. The first-order chi connectivity index (χ1) is 21.6. The van der Waals surface area contributed by atoms with Crippen molar-refractivity contribution >= 4 is 23.2 Å². The summed E-state index contributed by atoms with van der Waals surface area (Å²) in [5, 5.41) is 19.2. The molecule has 0 unspecified atom stereocenters. The fourth-order valence-electron chi connectivity index (χ4n) is 6.27. The molecule has 16 heteroatoms. The van der Waals surface area contributed by atoms with Gasteiger partial charge in [-0.3, -0.25) is 9.58 Å². The van der Waals surface area contributed by atoms with E-state index in [1.807, 2.05) is 17.7 Å². The Kier molecular flexibility index (Phi) is 7.86. The van der Waals surface area contributed by atoms with Crippen LogP contribution in [0, 0.1) is 5.41 Å². The van der Waals surface area contributed by atoms with Crippen LogP contribution >= 0.6 is 11.6 Å². The number of likely N-dealkylation sites (tertiary alicyclic amines) is 1. The van der Waals surface area contributed by atoms with Crippen LogP contribution in [0.4, 0.5) is 24.8 Å². The summed E-state index contributed by atoms with van der Waals surface area (Å²) in [4.78, 5) is 11.3. The summed E-state index contributed by atoms with van der Waals surface area (Å²) in [6.07, 6.45) is 2.76. The molecular weight excluding hydrogens is 613 g/mol. The Morgan fingerprint density at radius 1 is 1.13 bits per heavy atom. The van der Waals surface area contributed by atoms with E-state index < -0.39 is 12.6 Å². The lowest BCUT2D eigenvalue weighted by Gasteiger charge is -2.61. The van der Waals surface area contributed by atoms with Crippen molar-refractivity contribution in [3.63, 3.8) is 0 Å². The number of aryl methyl sites for hydroxylation is 1. The Hall–Kier alpha value is -3.82. The maximum Gasteiger partial charge on any atom is 0.389 e. The van der Waals surface area contributed by atoms with Gasteiger partial charge in [0.2, 0.25) is 5.95 Å². The van der Waals surface area contributed by atoms with Crippen molar-refractivity contribution in [2.45, 2.75) is 63.5 Å². The van der Waals surface area contributed by atoms with E-state index in [1.54, 1.807) is 35.4 Å². The molecule has 1 N–H and O–H groups in total. The monoisotopic (exact) mass is 644 g/mol. The molecule has 2 aliphatic heterocycles. The van der Waals surface area contributed by atoms with Crippen molar-refractivity contribution in [2.24, 2.45) is 5.41 Å². The molecule has 3 fully saturated rings. The third kappa shape index (κ3) is 6.60. The third-order valence-electron chi connectivity index (χ3n) is 8.71. The topological polar surface area (TPSA) is 121 Å². The van der Waals surface area contributed by atoms with Gasteiger partial charge in [-0.1, -0.05) is 17.7 Å². The predicted octanol–water partition coefficient (Wildman–Crippen LogP) is 4.72. The lowest BCUT2D eigenvalue weighted by atomic mass is 9.60. The highest BCUT2D eigenvalue weighted by Crippen LogP contribution is 2.55. The molecule has 0 amide bonds. The van der Waals surface area contributed by atoms with Gasteiger partial charge in [0.1, 0.15) is 18.2 Å². The first-order valence-electron chi connectivity index (χ1n) is 14.8. The van der Waals surface area contributed by atoms with Crippen molar-refractivity contribution in [3.8, 4) is 16.9 Å². The molecule has 0 radical (unpaired) electrons. The second-order valence-electron chi connectivity index (χ2n) is 12.3. The number of alkyl halides is 3. The van der Waals surface area contributed by atoms with E-state index in [-0.39, 0.29) is 29.9 Å². The van der Waals surface area contributed by atoms with Gasteiger partial charge in [-0.25, -0.2) is 14.6 Å². The highest BCUT2D eigenvalue weighted by Gasteiger charge is 2.55. The summed E-state index contributed by atoms with van der Waals surface area (Å²) >= 11 is 6.39. The Balaban J connectivity index is 1.02. The van der Waals surface area contributed by atoms with E-state index in [1.165, 1.54) is 6.33 Å². The van der Waals surface area contributed by atoms with Gasteiger partial charge in [0.25, 0.3) is 0 Å². The van der Waals surface area contributed by atoms with Crippen LogP contribution < -0.4 is 10.1 Å². The number of hydrogen-bond acceptors (Lipinski definition) is 10. The number of aromatic nitrogens is 8. The smallest absolute Gasteiger partial charge is 0.389 e. The third-order valence-corrected chi connectivity index (χ3v) is 9.02. The minimum atomic E-state index is -4.28. The second kappa shape index (κ2) is 11.8. The Labute approximate surface area is 261 Å². The van der Waals surface area contributed by atoms with Crippen molar-refractivity contribution in [1.82, 2.24) is 44.9 Å². The second-order valence-corrected chi connectivity index (χ2v) is 12.7. The fourth-order valence-corrected chi connectivity index (χ4v) is 6.44. The van der Waals surface area contributed by atoms with Gasteiger partial charge >= 0.3 is 6.18 Å². The highest BCUT2D eigenvalue weighted by atomic mass is 35.5. The first kappa shape index (κ1) is 29.9. The number of halogens is 4. The number of hydrogen-bond donors (Lipinski definition) is 1. The zero-order valence-electron chi connectivity index (χ0n) is 24.5. The number of benzene rings is 1. The van der Waals surface area contributed by atoms with Gasteiger partial charge in [0.15, 0.2) is 0 Å². The molecule has 1 spiro atoms. The average molecular weight is 645 g/mol. The largest absolute Gasteiger partial charge is 0.487 e. The van der Waals surface area contributed by atoms with Gasteiger partial charge in [0.05, 0.1) is 48.2 Å². The van der Waals surface area contributed by atoms with Crippen LogP contribution in [0.1, 0.15) is 37.9 Å². The zero-order valence-corrected chi connectivity index (χ0v) is 25.2. The Morgan fingerprint density at radius 2 is 1.91 bits per heavy atom. The van der Waals surface area contributed by atoms with Crippen molar-refractivity contribution < 1.29 is 22.6 Å². The number of nitrogens with zero attached hydrogens (tertiary/aromatic N) is 9. The summed E-state index contributed by atoms with van der Waals surface area (Å²) in [5.74, 6) is 0.748. The van der Waals surface area contributed by atoms with Gasteiger partial charge in [-0.2, -0.15) is 18.3 Å². The quantitative estimate of drug-likeness (QED) is 0.245. The van der Waals surface area contributed by atoms with E-state index in [9.17, 15) is 13.2 Å². The molecule has 2 saturated heterocycles. The SMILES string of the molecule is C[C@@H](Cn1cnnn1)Oc1cc(-c2cnc(Nc3cn(C4CC5(C4)CN(C4COC4)C5)nc3CCC(F)(F)F)nc2)ccc1Cl. The predicted molar refractivity (Wildman–Crippen MR) is 157 cm³/mol. The van der Waals surface area contributed by atoms with E-state index in [0.717, 1.165) is 44.7 Å². The first-order valence-corrected chi connectivity index (χ1v) is 15.2. The molecule has 7 rings (SSSR count). The maximum atomic E-state index is 13.1. The van der Waals surface area contributed by atoms with Crippen LogP contribution in [-0.2, 0) is 17.7 Å². The van der Waals surface area contributed by atoms with Crippen molar-refractivity contribution in [1.29, 1.82) is 0 Å². The molecule has 5 heterocycles. The van der Waals surface area contributed by atoms with Crippen LogP contribution in [0.2, 0.25) is 5.02 Å². The van der Waals surface area contributed by atoms with Crippen molar-refractivity contribution in [2.75, 3.05) is 31.6 Å². The molecule has 45 heavy (non-hydrogen) atoms. The standard InChI is InChI=1S/C29H32ClF3N10O2/c1-18(11-42-17-36-39-40-42)45-26-6-19(2-3-23(26)30)20-9-34-27(35-10-20)37-25-12-43(38-24(25)4-5-29(31,32)33)21-7-28(8-21)15-41(16-28)22-13-44-14-22/h2-3,6,9-10,12,17-18,21-22H,4-5,7-8,11,13-16H2,1H3,(H,34,35,37)/t18-/m0/s1. The van der Waals surface area contributed by atoms with Crippen LogP contribution in [0.3, 0.4) is 0 Å². The van der Waals surface area contributed by atoms with Crippen LogP contribution in [-0.4, -0.2) is 89.5 Å². The van der Waals surface area contributed by atoms with E-state index in [4.69, 9.17) is 21.1 Å². The lowest BCUT2D eigenvalue weighted by Crippen LogP contribution is -2.68. The number of ether oxygens (including phenoxy) is 2. The molecular formula is C29H32ClF3N10O2. The number of nitrogens with one attached hydrogen (secondary N) is 1. The average Bonchev–Trinajstić information content (AvgIpc) is 3.58. The van der Waals surface area contributed by atoms with Crippen LogP contribution in [0.5, 0.6) is 5.75 Å². The molecule has 3 aliphatic rings. The number of anilines is 2. The summed E-state index contributed by atoms with van der Waals surface area (Å²) in [5.41, 5.74) is 2.61. The fraction of sp³-hybridized carbons (Fsp3) is 0.517. The van der Waals surface area contributed by atoms with Gasteiger partial charge in [-0.05, 0) is 53.3 Å². The van der Waals surface area contributed by atoms with Gasteiger partial charge in [0, 0.05) is 50.1 Å². The van der Waals surface area contributed by atoms with Crippen LogP contribution in [0.15, 0.2) is 43.1 Å². The van der Waals surface area contributed by atoms with Gasteiger partial charge in [-0.15, -0.1) is 5.10 Å². The van der Waals surface area contributed by atoms with Crippen LogP contribution in [0.25, 0.3) is 11.1 Å². The zero-order chi connectivity index (χ0) is 31.2. The Morgan fingerprint density at radius 3 is 2.58 bits per heavy atom. The van der Waals surface area contributed by atoms with E-state index in [2.05, 4.69) is 40.8 Å². The molecule has 1 atom stereocenters. The number of tetrazole rings is 1. The normalized spacial score (nSPS) is 19.1. The highest BCUT2D eigenvalue weighted by molar-refractivity contribution is 6.32. The molecule has 1 aromatic carbocycles. The lowest BCUT2D eigenvalue weighted by molar-refractivity contribution is -0.165. The molecule has 3 aromatic heterocycles. The molecule has 1 aliphatic carbocycles. The minimum absolute atomic E-state index is 0.158. The molecule has 12 nitrogen and oxygen atoms in total. The summed E-state index contributed by atoms with van der Waals surface area (Å²) in [7, 11) is 0. The maximum absolute atomic E-state index is 13.1. The molecule has 1 saturated carbocycles. The van der Waals surface area contributed by atoms with E-state index in [0.29, 0.717) is 40.3 Å². The van der Waals surface area contributed by atoms with E-state index >= 15 is 0 Å². The summed E-state index contributed by atoms with van der Waals surface area (Å²) in [6.45, 7) is 6.03. The Bertz CT molecular complexity index is 1610. The van der Waals surface area contributed by atoms with Crippen molar-refractivity contribution in [3.05, 3.63) is 53.8 Å². The molecule has 238 valence electrons. The molecule has 0 bridgehead atoms. The number of rotatable bonds is 11. The van der Waals surface area contributed by atoms with Gasteiger partial charge < -0.3 is 14.8 Å². The summed E-state index contributed by atoms with van der Waals surface area (Å²) in [6, 6.07) is 6.06. The minimum Gasteiger partial charge on any atom is -0.487 e. The molecule has 4 aromatic rings.